The number of hydrogen-bond donors (Lipinski definition) is 3. The fourth-order valence-corrected chi connectivity index (χ4v) is 1.45. The number of aromatic amines is 1. The first-order chi connectivity index (χ1) is 8.34. The van der Waals surface area contributed by atoms with Crippen LogP contribution < -0.4 is 17.0 Å². The number of fused-ring (bicyclic) bond motifs is 1. The quantitative estimate of drug-likeness (QED) is 0.449. The third-order valence-electron chi connectivity index (χ3n) is 2.17. The topological polar surface area (TPSA) is 188 Å². The molecule has 12 heteroatoms. The Morgan fingerprint density at radius 3 is 2.22 bits per heavy atom. The van der Waals surface area contributed by atoms with Crippen LogP contribution in [0.15, 0.2) is 4.79 Å². The van der Waals surface area contributed by atoms with Gasteiger partial charge in [0, 0.05) is 0 Å². The molecule has 2 aromatic rings. The van der Waals surface area contributed by atoms with Gasteiger partial charge in [-0.15, -0.1) is 5.10 Å². The number of nitrogen functional groups attached to an aromatic ring is 2. The Hall–Kier alpha value is -3.18. The largest absolute Gasteiger partial charge is 0.378 e. The maximum atomic E-state index is 11.4. The summed E-state index contributed by atoms with van der Waals surface area (Å²) in [4.78, 5) is 32.8. The van der Waals surface area contributed by atoms with Crippen molar-refractivity contribution in [3.8, 4) is 0 Å². The number of nitrogens with one attached hydrogen (secondary N) is 1. The standard InChI is InChI=1S/C6H5N7O5/c7-3-1(12(15)16)5-9-6(14)2(13(17)18)4(8)11(5)10-3/h8H2,(H2,7,10)(H,9,14). The van der Waals surface area contributed by atoms with E-state index in [2.05, 4.69) is 5.10 Å². The van der Waals surface area contributed by atoms with Gasteiger partial charge in [0.1, 0.15) is 0 Å². The maximum absolute atomic E-state index is 11.4. The molecule has 0 amide bonds. The third kappa shape index (κ3) is 1.32. The van der Waals surface area contributed by atoms with E-state index in [1.165, 1.54) is 0 Å². The molecular weight excluding hydrogens is 250 g/mol. The lowest BCUT2D eigenvalue weighted by molar-refractivity contribution is -0.385. The number of anilines is 2. The molecule has 2 rings (SSSR count). The van der Waals surface area contributed by atoms with Crippen LogP contribution in [0.25, 0.3) is 5.65 Å². The van der Waals surface area contributed by atoms with Crippen molar-refractivity contribution in [3.05, 3.63) is 30.6 Å². The van der Waals surface area contributed by atoms with Crippen LogP contribution in [0.3, 0.4) is 0 Å². The van der Waals surface area contributed by atoms with E-state index in [1.807, 2.05) is 4.98 Å². The normalized spacial score (nSPS) is 10.7. The third-order valence-corrected chi connectivity index (χ3v) is 2.17. The molecule has 18 heavy (non-hydrogen) atoms. The van der Waals surface area contributed by atoms with Gasteiger partial charge in [0.15, 0.2) is 0 Å². The fraction of sp³-hybridized carbons (Fsp3) is 0. The van der Waals surface area contributed by atoms with Gasteiger partial charge in [-0.05, 0) is 0 Å². The summed E-state index contributed by atoms with van der Waals surface area (Å²) in [5.41, 5.74) is 7.43. The first-order valence-corrected chi connectivity index (χ1v) is 4.33. The smallest absolute Gasteiger partial charge is 0.375 e. The van der Waals surface area contributed by atoms with Gasteiger partial charge in [-0.2, -0.15) is 4.52 Å². The summed E-state index contributed by atoms with van der Waals surface area (Å²) in [7, 11) is 0. The lowest BCUT2D eigenvalue weighted by Crippen LogP contribution is -2.18. The van der Waals surface area contributed by atoms with Gasteiger partial charge in [-0.3, -0.25) is 30.0 Å². The van der Waals surface area contributed by atoms with Crippen LogP contribution >= 0.6 is 0 Å². The number of hydrogen-bond acceptors (Lipinski definition) is 8. The second-order valence-electron chi connectivity index (χ2n) is 3.20. The van der Waals surface area contributed by atoms with E-state index < -0.39 is 44.1 Å². The van der Waals surface area contributed by atoms with Gasteiger partial charge < -0.3 is 11.5 Å². The summed E-state index contributed by atoms with van der Waals surface area (Å²) in [5, 5.41) is 24.8. The number of rotatable bonds is 2. The second kappa shape index (κ2) is 3.41. The van der Waals surface area contributed by atoms with Gasteiger partial charge in [0.05, 0.1) is 9.85 Å². The molecule has 0 saturated carbocycles. The Morgan fingerprint density at radius 1 is 1.17 bits per heavy atom. The molecule has 0 spiro atoms. The van der Waals surface area contributed by atoms with E-state index >= 15 is 0 Å². The van der Waals surface area contributed by atoms with Crippen molar-refractivity contribution in [3.63, 3.8) is 0 Å². The van der Waals surface area contributed by atoms with Crippen LogP contribution in [0, 0.1) is 20.2 Å². The van der Waals surface area contributed by atoms with Gasteiger partial charge in [0.25, 0.3) is 0 Å². The van der Waals surface area contributed by atoms with E-state index in [-0.39, 0.29) is 0 Å². The van der Waals surface area contributed by atoms with Crippen LogP contribution in [-0.4, -0.2) is 24.4 Å². The molecule has 0 saturated heterocycles. The highest BCUT2D eigenvalue weighted by Crippen LogP contribution is 2.27. The molecule has 5 N–H and O–H groups in total. The Kier molecular flexibility index (Phi) is 2.14. The zero-order valence-electron chi connectivity index (χ0n) is 8.48. The summed E-state index contributed by atoms with van der Waals surface area (Å²) in [6.07, 6.45) is 0. The van der Waals surface area contributed by atoms with Gasteiger partial charge in [-0.1, -0.05) is 0 Å². The molecule has 0 aliphatic heterocycles. The molecular formula is C6H5N7O5. The molecule has 94 valence electrons. The molecule has 0 radical (unpaired) electrons. The lowest BCUT2D eigenvalue weighted by Gasteiger charge is -1.98. The van der Waals surface area contributed by atoms with Crippen LogP contribution in [0.5, 0.6) is 0 Å². The first-order valence-electron chi connectivity index (χ1n) is 4.33. The highest BCUT2D eigenvalue weighted by molar-refractivity contribution is 5.74. The minimum atomic E-state index is -1.17. The van der Waals surface area contributed by atoms with Crippen molar-refractivity contribution < 1.29 is 9.85 Å². The molecule has 0 bridgehead atoms. The van der Waals surface area contributed by atoms with Crippen molar-refractivity contribution in [1.29, 1.82) is 0 Å². The maximum Gasteiger partial charge on any atom is 0.375 e. The molecule has 0 aliphatic rings. The number of nitrogens with two attached hydrogens (primary N) is 2. The number of aromatic nitrogens is 3. The molecule has 12 nitrogen and oxygen atoms in total. The summed E-state index contributed by atoms with van der Waals surface area (Å²) in [6.45, 7) is 0. The summed E-state index contributed by atoms with van der Waals surface area (Å²) in [5.74, 6) is -1.15. The minimum absolute atomic E-state index is 0.411. The molecule has 0 unspecified atom stereocenters. The fourth-order valence-electron chi connectivity index (χ4n) is 1.45. The van der Waals surface area contributed by atoms with Crippen LogP contribution in [0.1, 0.15) is 0 Å². The van der Waals surface area contributed by atoms with Crippen molar-refractivity contribution in [2.45, 2.75) is 0 Å². The van der Waals surface area contributed by atoms with E-state index in [9.17, 15) is 25.0 Å². The Bertz CT molecular complexity index is 743. The predicted octanol–water partition coefficient (Wildman–Crippen LogP) is -0.997. The average Bonchev–Trinajstić information content (AvgIpc) is 2.54. The molecule has 0 fully saturated rings. The van der Waals surface area contributed by atoms with Crippen molar-refractivity contribution in [2.24, 2.45) is 0 Å². The van der Waals surface area contributed by atoms with E-state index in [0.29, 0.717) is 4.52 Å². The molecule has 2 heterocycles. The summed E-state index contributed by atoms with van der Waals surface area (Å²) in [6, 6.07) is 0. The highest BCUT2D eigenvalue weighted by Gasteiger charge is 2.29. The van der Waals surface area contributed by atoms with E-state index in [4.69, 9.17) is 11.5 Å². The Labute approximate surface area is 96.1 Å². The zero-order chi connectivity index (χ0) is 13.6. The van der Waals surface area contributed by atoms with Crippen LogP contribution in [0.4, 0.5) is 23.0 Å². The van der Waals surface area contributed by atoms with E-state index in [0.717, 1.165) is 0 Å². The average molecular weight is 255 g/mol. The minimum Gasteiger partial charge on any atom is -0.378 e. The monoisotopic (exact) mass is 255 g/mol. The number of H-pyrrole nitrogens is 1. The second-order valence-corrected chi connectivity index (χ2v) is 3.20. The Morgan fingerprint density at radius 2 is 1.72 bits per heavy atom. The molecule has 0 aromatic carbocycles. The SMILES string of the molecule is Nc1nn2c(N)c([N+](=O)[O-])c(=O)[nH]c2c1[N+](=O)[O-]. The van der Waals surface area contributed by atoms with Crippen molar-refractivity contribution in [2.75, 3.05) is 11.5 Å². The zero-order valence-corrected chi connectivity index (χ0v) is 8.48. The summed E-state index contributed by atoms with van der Waals surface area (Å²) >= 11 is 0. The van der Waals surface area contributed by atoms with E-state index in [1.54, 1.807) is 0 Å². The van der Waals surface area contributed by atoms with Crippen molar-refractivity contribution >= 4 is 28.7 Å². The summed E-state index contributed by atoms with van der Waals surface area (Å²) < 4.78 is 0.646. The molecule has 0 atom stereocenters. The highest BCUT2D eigenvalue weighted by atomic mass is 16.6. The molecule has 2 aromatic heterocycles. The Balaban J connectivity index is 3.00. The van der Waals surface area contributed by atoms with Crippen LogP contribution in [-0.2, 0) is 0 Å². The van der Waals surface area contributed by atoms with Crippen LogP contribution in [0.2, 0.25) is 0 Å². The van der Waals surface area contributed by atoms with Gasteiger partial charge in [0.2, 0.25) is 17.3 Å². The van der Waals surface area contributed by atoms with Gasteiger partial charge in [-0.25, -0.2) is 0 Å². The van der Waals surface area contributed by atoms with Gasteiger partial charge >= 0.3 is 16.9 Å². The number of nitrogens with zero attached hydrogens (tertiary/aromatic N) is 4. The first kappa shape index (κ1) is 11.3. The number of nitro groups is 2. The molecule has 0 aliphatic carbocycles. The van der Waals surface area contributed by atoms with Crippen molar-refractivity contribution in [1.82, 2.24) is 14.6 Å². The lowest BCUT2D eigenvalue weighted by atomic mass is 10.4. The predicted molar refractivity (Wildman–Crippen MR) is 57.9 cm³/mol.